The third kappa shape index (κ3) is 5.06. The maximum absolute atomic E-state index is 12.4. The van der Waals surface area contributed by atoms with Crippen molar-refractivity contribution >= 4 is 29.3 Å². The largest absolute Gasteiger partial charge is 0.467 e. The smallest absolute Gasteiger partial charge is 0.230 e. The molecule has 8 heteroatoms. The number of amides is 1. The van der Waals surface area contributed by atoms with Crippen molar-refractivity contribution in [2.24, 2.45) is 0 Å². The van der Waals surface area contributed by atoms with Crippen LogP contribution < -0.4 is 5.32 Å². The Labute approximate surface area is 196 Å². The summed E-state index contributed by atoms with van der Waals surface area (Å²) in [5, 5.41) is 13.0. The number of benzene rings is 2. The van der Waals surface area contributed by atoms with Crippen molar-refractivity contribution in [1.29, 1.82) is 0 Å². The van der Waals surface area contributed by atoms with Gasteiger partial charge in [-0.3, -0.25) is 9.36 Å². The quantitative estimate of drug-likeness (QED) is 0.336. The molecule has 0 saturated heterocycles. The van der Waals surface area contributed by atoms with Crippen LogP contribution in [0.3, 0.4) is 0 Å². The summed E-state index contributed by atoms with van der Waals surface area (Å²) in [7, 11) is 0. The Hall–Kier alpha value is -3.03. The summed E-state index contributed by atoms with van der Waals surface area (Å²) in [6.07, 6.45) is 1.59. The van der Waals surface area contributed by atoms with Gasteiger partial charge >= 0.3 is 0 Å². The monoisotopic (exact) mass is 466 g/mol. The van der Waals surface area contributed by atoms with Gasteiger partial charge in [-0.2, -0.15) is 0 Å². The summed E-state index contributed by atoms with van der Waals surface area (Å²) in [6.45, 7) is 4.66. The number of nitrogens with one attached hydrogen (secondary N) is 1. The van der Waals surface area contributed by atoms with E-state index in [0.717, 1.165) is 11.3 Å². The van der Waals surface area contributed by atoms with Gasteiger partial charge < -0.3 is 9.73 Å². The van der Waals surface area contributed by atoms with E-state index in [1.54, 1.807) is 12.3 Å². The minimum atomic E-state index is -0.105. The van der Waals surface area contributed by atoms with Gasteiger partial charge in [-0.1, -0.05) is 55.4 Å². The summed E-state index contributed by atoms with van der Waals surface area (Å²) in [4.78, 5) is 12.4. The van der Waals surface area contributed by atoms with Crippen LogP contribution in [0.1, 0.15) is 31.1 Å². The molecule has 164 valence electrons. The number of carbonyl (C=O) groups is 1. The molecule has 0 aliphatic carbocycles. The van der Waals surface area contributed by atoms with E-state index in [1.807, 2.05) is 47.0 Å². The number of nitrogens with zero attached hydrogens (tertiary/aromatic N) is 3. The Kier molecular flexibility index (Phi) is 6.97. The first-order chi connectivity index (χ1) is 15.5. The topological polar surface area (TPSA) is 73.0 Å². The normalized spacial score (nSPS) is 11.1. The third-order valence-electron chi connectivity index (χ3n) is 4.91. The van der Waals surface area contributed by atoms with Crippen molar-refractivity contribution in [2.75, 3.05) is 5.75 Å². The van der Waals surface area contributed by atoms with Crippen LogP contribution in [0.2, 0.25) is 5.02 Å². The second kappa shape index (κ2) is 10.1. The van der Waals surface area contributed by atoms with Crippen molar-refractivity contribution < 1.29 is 9.21 Å². The molecule has 0 spiro atoms. The summed E-state index contributed by atoms with van der Waals surface area (Å²) < 4.78 is 7.28. The highest BCUT2D eigenvalue weighted by molar-refractivity contribution is 7.99. The molecule has 32 heavy (non-hydrogen) atoms. The molecular formula is C24H23ClN4O2S. The lowest BCUT2D eigenvalue weighted by molar-refractivity contribution is -0.118. The first-order valence-electron chi connectivity index (χ1n) is 10.3. The van der Waals surface area contributed by atoms with Crippen LogP contribution in [0.5, 0.6) is 0 Å². The van der Waals surface area contributed by atoms with Gasteiger partial charge in [0.25, 0.3) is 0 Å². The molecule has 0 saturated carbocycles. The van der Waals surface area contributed by atoms with Crippen LogP contribution in [-0.2, 0) is 11.3 Å². The molecule has 2 aromatic heterocycles. The Balaban J connectivity index is 1.64. The molecule has 2 heterocycles. The average molecular weight is 467 g/mol. The standard InChI is InChI=1S/C24H23ClN4O2S/c1-16(2)20-7-3-4-8-21(20)29-23(17-9-11-18(25)12-10-17)27-28-24(29)32-15-22(30)26-14-19-6-5-13-31-19/h3-13,16H,14-15H2,1-2H3,(H,26,30). The zero-order chi connectivity index (χ0) is 22.5. The molecule has 0 bridgehead atoms. The molecule has 6 nitrogen and oxygen atoms in total. The van der Waals surface area contributed by atoms with Crippen LogP contribution in [0.4, 0.5) is 0 Å². The van der Waals surface area contributed by atoms with Crippen molar-refractivity contribution in [3.63, 3.8) is 0 Å². The van der Waals surface area contributed by atoms with E-state index in [4.69, 9.17) is 16.0 Å². The fourth-order valence-corrected chi connectivity index (χ4v) is 4.23. The fraction of sp³-hybridized carbons (Fsp3) is 0.208. The molecule has 4 rings (SSSR count). The number of carbonyl (C=O) groups excluding carboxylic acids is 1. The first kappa shape index (κ1) is 22.2. The highest BCUT2D eigenvalue weighted by Crippen LogP contribution is 2.32. The van der Waals surface area contributed by atoms with E-state index in [2.05, 4.69) is 41.5 Å². The molecule has 1 N–H and O–H groups in total. The number of thioether (sulfide) groups is 1. The van der Waals surface area contributed by atoms with E-state index >= 15 is 0 Å². The van der Waals surface area contributed by atoms with E-state index in [0.29, 0.717) is 34.2 Å². The van der Waals surface area contributed by atoms with Gasteiger partial charge in [0, 0.05) is 10.6 Å². The number of furan rings is 1. The van der Waals surface area contributed by atoms with Crippen LogP contribution in [0.25, 0.3) is 17.1 Å². The van der Waals surface area contributed by atoms with E-state index in [-0.39, 0.29) is 11.7 Å². The SMILES string of the molecule is CC(C)c1ccccc1-n1c(SCC(=O)NCc2ccco2)nnc1-c1ccc(Cl)cc1. The van der Waals surface area contributed by atoms with E-state index < -0.39 is 0 Å². The van der Waals surface area contributed by atoms with Gasteiger partial charge in [0.05, 0.1) is 24.2 Å². The molecule has 0 atom stereocenters. The molecule has 0 fully saturated rings. The fourth-order valence-electron chi connectivity index (χ4n) is 3.33. The number of hydrogen-bond acceptors (Lipinski definition) is 5. The number of rotatable bonds is 8. The van der Waals surface area contributed by atoms with Gasteiger partial charge in [-0.25, -0.2) is 0 Å². The van der Waals surface area contributed by atoms with Gasteiger partial charge in [0.2, 0.25) is 5.91 Å². The van der Waals surface area contributed by atoms with Crippen molar-refractivity contribution in [3.05, 3.63) is 83.3 Å². The van der Waals surface area contributed by atoms with Crippen LogP contribution >= 0.6 is 23.4 Å². The minimum absolute atomic E-state index is 0.105. The van der Waals surface area contributed by atoms with Crippen molar-refractivity contribution in [2.45, 2.75) is 31.5 Å². The number of aromatic nitrogens is 3. The molecular weight excluding hydrogens is 444 g/mol. The predicted octanol–water partition coefficient (Wildman–Crippen LogP) is 5.71. The van der Waals surface area contributed by atoms with E-state index in [9.17, 15) is 4.79 Å². The lowest BCUT2D eigenvalue weighted by atomic mass is 10.0. The predicted molar refractivity (Wildman–Crippen MR) is 127 cm³/mol. The Bertz CT molecular complexity index is 1190. The molecule has 2 aromatic carbocycles. The van der Waals surface area contributed by atoms with Crippen LogP contribution in [0, 0.1) is 0 Å². The molecule has 4 aromatic rings. The highest BCUT2D eigenvalue weighted by atomic mass is 35.5. The second-order valence-electron chi connectivity index (χ2n) is 7.51. The summed E-state index contributed by atoms with van der Waals surface area (Å²) >= 11 is 7.43. The molecule has 0 aliphatic heterocycles. The van der Waals surface area contributed by atoms with Crippen LogP contribution in [0.15, 0.2) is 76.5 Å². The maximum atomic E-state index is 12.4. The molecule has 1 amide bonds. The highest BCUT2D eigenvalue weighted by Gasteiger charge is 2.20. The summed E-state index contributed by atoms with van der Waals surface area (Å²) in [5.74, 6) is 1.83. The first-order valence-corrected chi connectivity index (χ1v) is 11.6. The Morgan fingerprint density at radius 3 is 2.59 bits per heavy atom. The molecule has 0 radical (unpaired) electrons. The lowest BCUT2D eigenvalue weighted by Gasteiger charge is -2.17. The molecule has 0 unspecified atom stereocenters. The van der Waals surface area contributed by atoms with Gasteiger partial charge in [0.1, 0.15) is 5.76 Å². The number of hydrogen-bond donors (Lipinski definition) is 1. The Morgan fingerprint density at radius 2 is 1.88 bits per heavy atom. The van der Waals surface area contributed by atoms with E-state index in [1.165, 1.54) is 17.3 Å². The van der Waals surface area contributed by atoms with Crippen molar-refractivity contribution in [1.82, 2.24) is 20.1 Å². The summed E-state index contributed by atoms with van der Waals surface area (Å²) in [6, 6.07) is 19.3. The minimum Gasteiger partial charge on any atom is -0.467 e. The second-order valence-corrected chi connectivity index (χ2v) is 8.89. The van der Waals surface area contributed by atoms with Gasteiger partial charge in [-0.15, -0.1) is 10.2 Å². The van der Waals surface area contributed by atoms with Crippen LogP contribution in [-0.4, -0.2) is 26.4 Å². The maximum Gasteiger partial charge on any atom is 0.230 e. The Morgan fingerprint density at radius 1 is 1.09 bits per heavy atom. The number of halogens is 1. The van der Waals surface area contributed by atoms with Crippen molar-refractivity contribution in [3.8, 4) is 17.1 Å². The van der Waals surface area contributed by atoms with Gasteiger partial charge in [0.15, 0.2) is 11.0 Å². The summed E-state index contributed by atoms with van der Waals surface area (Å²) in [5.41, 5.74) is 3.07. The zero-order valence-electron chi connectivity index (χ0n) is 17.8. The lowest BCUT2D eigenvalue weighted by Crippen LogP contribution is -2.24. The van der Waals surface area contributed by atoms with Gasteiger partial charge in [-0.05, 0) is 53.9 Å². The third-order valence-corrected chi connectivity index (χ3v) is 6.09. The average Bonchev–Trinajstić information content (AvgIpc) is 3.47. The number of para-hydroxylation sites is 1. The molecule has 0 aliphatic rings. The zero-order valence-corrected chi connectivity index (χ0v) is 19.4.